The first-order valence-corrected chi connectivity index (χ1v) is 5.01. The van der Waals surface area contributed by atoms with Gasteiger partial charge >= 0.3 is 5.97 Å². The number of hydrogen-bond acceptors (Lipinski definition) is 2. The lowest BCUT2D eigenvalue weighted by Crippen LogP contribution is -2.07. The van der Waals surface area contributed by atoms with E-state index >= 15 is 0 Å². The minimum absolute atomic E-state index is 0.349. The summed E-state index contributed by atoms with van der Waals surface area (Å²) in [6.45, 7) is 1.98. The quantitative estimate of drug-likeness (QED) is 0.563. The first-order chi connectivity index (χ1) is 7.75. The van der Waals surface area contributed by atoms with Crippen LogP contribution in [0.25, 0.3) is 0 Å². The minimum atomic E-state index is -0.349. The van der Waals surface area contributed by atoms with E-state index in [1.54, 1.807) is 36.4 Å². The lowest BCUT2D eigenvalue weighted by molar-refractivity contribution is 0.0734. The fourth-order valence-corrected chi connectivity index (χ4v) is 1.30. The van der Waals surface area contributed by atoms with Crippen LogP contribution < -0.4 is 4.74 Å². The third-order valence-corrected chi connectivity index (χ3v) is 2.19. The Labute approximate surface area is 94.5 Å². The molecule has 0 saturated carbocycles. The number of aryl methyl sites for hydroxylation is 1. The van der Waals surface area contributed by atoms with Gasteiger partial charge in [-0.15, -0.1) is 0 Å². The van der Waals surface area contributed by atoms with Gasteiger partial charge in [-0.1, -0.05) is 29.8 Å². The molecule has 2 aromatic rings. The molecule has 2 heteroatoms. The molecule has 2 rings (SSSR count). The van der Waals surface area contributed by atoms with Crippen molar-refractivity contribution >= 4 is 5.97 Å². The molecule has 0 fully saturated rings. The van der Waals surface area contributed by atoms with Crippen molar-refractivity contribution in [3.8, 4) is 5.75 Å². The van der Waals surface area contributed by atoms with Crippen LogP contribution in [0, 0.1) is 13.0 Å². The summed E-state index contributed by atoms with van der Waals surface area (Å²) in [7, 11) is 0. The predicted octanol–water partition coefficient (Wildman–Crippen LogP) is 3.01. The van der Waals surface area contributed by atoms with Crippen LogP contribution in [0.5, 0.6) is 5.75 Å². The van der Waals surface area contributed by atoms with E-state index in [1.807, 2.05) is 19.1 Å². The van der Waals surface area contributed by atoms with Crippen molar-refractivity contribution in [1.82, 2.24) is 0 Å². The Morgan fingerprint density at radius 2 is 1.69 bits per heavy atom. The molecule has 0 aromatic heterocycles. The summed E-state index contributed by atoms with van der Waals surface area (Å²) in [4.78, 5) is 11.7. The maximum atomic E-state index is 11.7. The minimum Gasteiger partial charge on any atom is -0.423 e. The number of esters is 1. The molecule has 79 valence electrons. The fourth-order valence-electron chi connectivity index (χ4n) is 1.30. The van der Waals surface area contributed by atoms with Crippen LogP contribution in [0.15, 0.2) is 48.5 Å². The Bertz CT molecular complexity index is 472. The van der Waals surface area contributed by atoms with E-state index in [0.29, 0.717) is 11.3 Å². The smallest absolute Gasteiger partial charge is 0.343 e. The van der Waals surface area contributed by atoms with Crippen LogP contribution >= 0.6 is 0 Å². The normalized spacial score (nSPS) is 9.81. The second-order valence-electron chi connectivity index (χ2n) is 3.49. The Hall–Kier alpha value is -2.09. The molecule has 0 aliphatic carbocycles. The molecule has 0 bridgehead atoms. The molecule has 2 aromatic carbocycles. The SMILES string of the molecule is Cc1ccc(OC(=O)c2cc[c]cc2)cc1. The maximum absolute atomic E-state index is 11.7. The largest absolute Gasteiger partial charge is 0.423 e. The standard InChI is InChI=1S/C14H11O2/c1-11-7-9-13(10-8-11)16-14(15)12-5-3-2-4-6-12/h3-10H,1H3. The van der Waals surface area contributed by atoms with Gasteiger partial charge in [0.2, 0.25) is 0 Å². The molecular weight excluding hydrogens is 200 g/mol. The Kier molecular flexibility index (Phi) is 3.01. The topological polar surface area (TPSA) is 26.3 Å². The van der Waals surface area contributed by atoms with E-state index in [1.165, 1.54) is 0 Å². The van der Waals surface area contributed by atoms with E-state index in [-0.39, 0.29) is 5.97 Å². The van der Waals surface area contributed by atoms with Crippen molar-refractivity contribution in [3.05, 3.63) is 65.7 Å². The van der Waals surface area contributed by atoms with Gasteiger partial charge in [0.15, 0.2) is 0 Å². The zero-order chi connectivity index (χ0) is 11.4. The molecule has 0 amide bonds. The summed E-state index contributed by atoms with van der Waals surface area (Å²) < 4.78 is 5.20. The average molecular weight is 211 g/mol. The summed E-state index contributed by atoms with van der Waals surface area (Å²) in [6, 6.07) is 16.9. The Morgan fingerprint density at radius 1 is 1.06 bits per heavy atom. The van der Waals surface area contributed by atoms with Crippen LogP contribution in [0.3, 0.4) is 0 Å². The van der Waals surface area contributed by atoms with Crippen LogP contribution in [-0.4, -0.2) is 5.97 Å². The summed E-state index contributed by atoms with van der Waals surface area (Å²) in [6.07, 6.45) is 0. The summed E-state index contributed by atoms with van der Waals surface area (Å²) in [5.41, 5.74) is 1.66. The van der Waals surface area contributed by atoms with Gasteiger partial charge in [-0.05, 0) is 37.3 Å². The molecule has 0 heterocycles. The molecule has 16 heavy (non-hydrogen) atoms. The van der Waals surface area contributed by atoms with Crippen molar-refractivity contribution in [1.29, 1.82) is 0 Å². The van der Waals surface area contributed by atoms with E-state index in [9.17, 15) is 4.79 Å². The van der Waals surface area contributed by atoms with Crippen LogP contribution in [-0.2, 0) is 0 Å². The second kappa shape index (κ2) is 4.62. The molecule has 0 atom stereocenters. The lowest BCUT2D eigenvalue weighted by atomic mass is 10.2. The van der Waals surface area contributed by atoms with Gasteiger partial charge in [0, 0.05) is 0 Å². The van der Waals surface area contributed by atoms with Gasteiger partial charge < -0.3 is 4.74 Å². The fraction of sp³-hybridized carbons (Fsp3) is 0.0714. The van der Waals surface area contributed by atoms with Crippen molar-refractivity contribution in [3.63, 3.8) is 0 Å². The number of rotatable bonds is 2. The average Bonchev–Trinajstić information content (AvgIpc) is 2.33. The number of hydrogen-bond donors (Lipinski definition) is 0. The zero-order valence-electron chi connectivity index (χ0n) is 8.94. The molecule has 1 radical (unpaired) electrons. The molecule has 0 aliphatic rings. The van der Waals surface area contributed by atoms with Crippen molar-refractivity contribution in [2.24, 2.45) is 0 Å². The van der Waals surface area contributed by atoms with E-state index in [4.69, 9.17) is 4.74 Å². The molecule has 0 spiro atoms. The van der Waals surface area contributed by atoms with Crippen LogP contribution in [0.1, 0.15) is 15.9 Å². The number of carbonyl (C=O) groups excluding carboxylic acids is 1. The third-order valence-electron chi connectivity index (χ3n) is 2.19. The first-order valence-electron chi connectivity index (χ1n) is 5.01. The van der Waals surface area contributed by atoms with Gasteiger partial charge in [0.05, 0.1) is 5.56 Å². The number of ether oxygens (including phenoxy) is 1. The molecule has 0 aliphatic heterocycles. The van der Waals surface area contributed by atoms with Crippen LogP contribution in [0.2, 0.25) is 0 Å². The summed E-state index contributed by atoms with van der Waals surface area (Å²) >= 11 is 0. The molecule has 2 nitrogen and oxygen atoms in total. The monoisotopic (exact) mass is 211 g/mol. The van der Waals surface area contributed by atoms with E-state index in [0.717, 1.165) is 5.56 Å². The zero-order valence-corrected chi connectivity index (χ0v) is 8.94. The van der Waals surface area contributed by atoms with Gasteiger partial charge in [-0.25, -0.2) is 4.79 Å². The van der Waals surface area contributed by atoms with Crippen molar-refractivity contribution in [2.45, 2.75) is 6.92 Å². The van der Waals surface area contributed by atoms with Gasteiger partial charge in [0.25, 0.3) is 0 Å². The summed E-state index contributed by atoms with van der Waals surface area (Å²) in [5.74, 6) is 0.210. The molecule has 0 N–H and O–H groups in total. The Morgan fingerprint density at radius 3 is 2.31 bits per heavy atom. The number of carbonyl (C=O) groups is 1. The highest BCUT2D eigenvalue weighted by Crippen LogP contribution is 2.13. The van der Waals surface area contributed by atoms with Gasteiger partial charge in [-0.2, -0.15) is 0 Å². The van der Waals surface area contributed by atoms with E-state index in [2.05, 4.69) is 6.07 Å². The van der Waals surface area contributed by atoms with Gasteiger partial charge in [0.1, 0.15) is 5.75 Å². The lowest BCUT2D eigenvalue weighted by Gasteiger charge is -2.03. The van der Waals surface area contributed by atoms with Crippen LogP contribution in [0.4, 0.5) is 0 Å². The number of benzene rings is 2. The second-order valence-corrected chi connectivity index (χ2v) is 3.49. The maximum Gasteiger partial charge on any atom is 0.343 e. The molecular formula is C14H11O2. The highest BCUT2D eigenvalue weighted by molar-refractivity contribution is 5.90. The van der Waals surface area contributed by atoms with Crippen molar-refractivity contribution in [2.75, 3.05) is 0 Å². The summed E-state index contributed by atoms with van der Waals surface area (Å²) in [5, 5.41) is 0. The van der Waals surface area contributed by atoms with E-state index < -0.39 is 0 Å². The van der Waals surface area contributed by atoms with Gasteiger partial charge in [-0.3, -0.25) is 0 Å². The Balaban J connectivity index is 2.11. The molecule has 0 unspecified atom stereocenters. The predicted molar refractivity (Wildman–Crippen MR) is 61.4 cm³/mol. The molecule has 0 saturated heterocycles. The highest BCUT2D eigenvalue weighted by Gasteiger charge is 2.06. The third kappa shape index (κ3) is 2.48. The highest BCUT2D eigenvalue weighted by atomic mass is 16.5. The van der Waals surface area contributed by atoms with Crippen molar-refractivity contribution < 1.29 is 9.53 Å². The first kappa shape index (κ1) is 10.4.